The Labute approximate surface area is 92.3 Å². The fourth-order valence-corrected chi connectivity index (χ4v) is 2.12. The predicted molar refractivity (Wildman–Crippen MR) is 63.9 cm³/mol. The Balaban J connectivity index is 2.04. The molecule has 0 spiro atoms. The van der Waals surface area contributed by atoms with E-state index in [1.807, 2.05) is 0 Å². The van der Waals surface area contributed by atoms with Crippen LogP contribution in [0.3, 0.4) is 0 Å². The van der Waals surface area contributed by atoms with Gasteiger partial charge in [0.2, 0.25) is 0 Å². The van der Waals surface area contributed by atoms with Crippen molar-refractivity contribution < 1.29 is 0 Å². The fourth-order valence-electron chi connectivity index (χ4n) is 2.12. The standard InChI is InChI=1S/C13H20N2/c1-11-5-3-4-6-13(11)10-15-8-7-14-9-12(15)2/h3-6,12,14H,7-10H2,1-2H3/t12-/m0/s1. The van der Waals surface area contributed by atoms with Crippen LogP contribution in [0.2, 0.25) is 0 Å². The van der Waals surface area contributed by atoms with Gasteiger partial charge in [-0.25, -0.2) is 0 Å². The van der Waals surface area contributed by atoms with E-state index in [2.05, 4.69) is 48.3 Å². The predicted octanol–water partition coefficient (Wildman–Crippen LogP) is 1.79. The highest BCUT2D eigenvalue weighted by atomic mass is 15.2. The second kappa shape index (κ2) is 4.77. The molecule has 0 bridgehead atoms. The van der Waals surface area contributed by atoms with E-state index in [4.69, 9.17) is 0 Å². The van der Waals surface area contributed by atoms with Gasteiger partial charge in [0.25, 0.3) is 0 Å². The van der Waals surface area contributed by atoms with Crippen molar-refractivity contribution in [3.05, 3.63) is 35.4 Å². The molecule has 1 aromatic carbocycles. The van der Waals surface area contributed by atoms with E-state index in [1.54, 1.807) is 0 Å². The van der Waals surface area contributed by atoms with E-state index in [1.165, 1.54) is 11.1 Å². The fraction of sp³-hybridized carbons (Fsp3) is 0.538. The Morgan fingerprint density at radius 2 is 2.20 bits per heavy atom. The third-order valence-corrected chi connectivity index (χ3v) is 3.27. The molecule has 1 aromatic rings. The number of benzene rings is 1. The van der Waals surface area contributed by atoms with Crippen LogP contribution in [-0.2, 0) is 6.54 Å². The molecule has 2 rings (SSSR count). The summed E-state index contributed by atoms with van der Waals surface area (Å²) in [6, 6.07) is 9.33. The summed E-state index contributed by atoms with van der Waals surface area (Å²) < 4.78 is 0. The van der Waals surface area contributed by atoms with Crippen molar-refractivity contribution in [1.29, 1.82) is 0 Å². The number of nitrogens with zero attached hydrogens (tertiary/aromatic N) is 1. The van der Waals surface area contributed by atoms with Crippen LogP contribution >= 0.6 is 0 Å². The van der Waals surface area contributed by atoms with Crippen LogP contribution in [0.1, 0.15) is 18.1 Å². The monoisotopic (exact) mass is 204 g/mol. The highest BCUT2D eigenvalue weighted by molar-refractivity contribution is 5.25. The van der Waals surface area contributed by atoms with Gasteiger partial charge in [0.1, 0.15) is 0 Å². The number of aryl methyl sites for hydroxylation is 1. The quantitative estimate of drug-likeness (QED) is 0.790. The van der Waals surface area contributed by atoms with E-state index < -0.39 is 0 Å². The van der Waals surface area contributed by atoms with E-state index in [0.29, 0.717) is 6.04 Å². The van der Waals surface area contributed by atoms with Crippen LogP contribution < -0.4 is 5.32 Å². The Hall–Kier alpha value is -0.860. The maximum absolute atomic E-state index is 3.42. The molecule has 2 nitrogen and oxygen atoms in total. The van der Waals surface area contributed by atoms with Crippen molar-refractivity contribution in [2.24, 2.45) is 0 Å². The zero-order valence-corrected chi connectivity index (χ0v) is 9.66. The molecule has 15 heavy (non-hydrogen) atoms. The molecule has 1 heterocycles. The Bertz CT molecular complexity index is 322. The van der Waals surface area contributed by atoms with Crippen molar-refractivity contribution in [2.45, 2.75) is 26.4 Å². The molecule has 2 heteroatoms. The maximum atomic E-state index is 3.42. The molecule has 1 fully saturated rings. The topological polar surface area (TPSA) is 15.3 Å². The molecule has 82 valence electrons. The lowest BCUT2D eigenvalue weighted by atomic mass is 10.1. The van der Waals surface area contributed by atoms with Crippen LogP contribution in [0, 0.1) is 6.92 Å². The summed E-state index contributed by atoms with van der Waals surface area (Å²) in [6.45, 7) is 8.99. The first kappa shape index (κ1) is 10.7. The molecule has 0 radical (unpaired) electrons. The number of nitrogens with one attached hydrogen (secondary N) is 1. The minimum atomic E-state index is 0.651. The lowest BCUT2D eigenvalue weighted by Gasteiger charge is -2.34. The Morgan fingerprint density at radius 1 is 1.40 bits per heavy atom. The van der Waals surface area contributed by atoms with Gasteiger partial charge in [-0.3, -0.25) is 4.90 Å². The SMILES string of the molecule is Cc1ccccc1CN1CCNC[C@@H]1C. The van der Waals surface area contributed by atoms with E-state index in [0.717, 1.165) is 26.2 Å². The van der Waals surface area contributed by atoms with Crippen LogP contribution in [0.15, 0.2) is 24.3 Å². The first-order chi connectivity index (χ1) is 7.27. The van der Waals surface area contributed by atoms with Crippen molar-refractivity contribution >= 4 is 0 Å². The average molecular weight is 204 g/mol. The lowest BCUT2D eigenvalue weighted by Crippen LogP contribution is -2.49. The molecular weight excluding hydrogens is 184 g/mol. The van der Waals surface area contributed by atoms with Crippen LogP contribution in [0.25, 0.3) is 0 Å². The van der Waals surface area contributed by atoms with Gasteiger partial charge >= 0.3 is 0 Å². The summed E-state index contributed by atoms with van der Waals surface area (Å²) in [7, 11) is 0. The van der Waals surface area contributed by atoms with Gasteiger partial charge in [0.05, 0.1) is 0 Å². The lowest BCUT2D eigenvalue weighted by molar-refractivity contribution is 0.165. The van der Waals surface area contributed by atoms with Gasteiger partial charge in [-0.15, -0.1) is 0 Å². The molecule has 1 atom stereocenters. The van der Waals surface area contributed by atoms with Crippen LogP contribution in [-0.4, -0.2) is 30.6 Å². The third-order valence-electron chi connectivity index (χ3n) is 3.27. The first-order valence-corrected chi connectivity index (χ1v) is 5.76. The molecule has 0 aromatic heterocycles. The summed E-state index contributed by atoms with van der Waals surface area (Å²) in [5.74, 6) is 0. The summed E-state index contributed by atoms with van der Waals surface area (Å²) in [4.78, 5) is 2.55. The van der Waals surface area contributed by atoms with E-state index >= 15 is 0 Å². The molecule has 1 aliphatic heterocycles. The Kier molecular flexibility index (Phi) is 3.39. The van der Waals surface area contributed by atoms with Crippen molar-refractivity contribution in [3.8, 4) is 0 Å². The highest BCUT2D eigenvalue weighted by Gasteiger charge is 2.17. The maximum Gasteiger partial charge on any atom is 0.0240 e. The number of hydrogen-bond acceptors (Lipinski definition) is 2. The molecule has 1 saturated heterocycles. The zero-order valence-electron chi connectivity index (χ0n) is 9.66. The first-order valence-electron chi connectivity index (χ1n) is 5.76. The van der Waals surface area contributed by atoms with Gasteiger partial charge in [-0.1, -0.05) is 24.3 Å². The van der Waals surface area contributed by atoms with Gasteiger partial charge in [-0.05, 0) is 25.0 Å². The number of rotatable bonds is 2. The minimum absolute atomic E-state index is 0.651. The van der Waals surface area contributed by atoms with E-state index in [9.17, 15) is 0 Å². The van der Waals surface area contributed by atoms with E-state index in [-0.39, 0.29) is 0 Å². The largest absolute Gasteiger partial charge is 0.314 e. The van der Waals surface area contributed by atoms with Gasteiger partial charge < -0.3 is 5.32 Å². The summed E-state index contributed by atoms with van der Waals surface area (Å²) >= 11 is 0. The molecule has 1 aliphatic rings. The smallest absolute Gasteiger partial charge is 0.0240 e. The summed E-state index contributed by atoms with van der Waals surface area (Å²) in [5, 5.41) is 3.42. The molecule has 0 aliphatic carbocycles. The van der Waals surface area contributed by atoms with Gasteiger partial charge in [-0.2, -0.15) is 0 Å². The van der Waals surface area contributed by atoms with Gasteiger partial charge in [0, 0.05) is 32.2 Å². The second-order valence-electron chi connectivity index (χ2n) is 4.45. The van der Waals surface area contributed by atoms with Crippen molar-refractivity contribution in [2.75, 3.05) is 19.6 Å². The third kappa shape index (κ3) is 2.58. The van der Waals surface area contributed by atoms with Gasteiger partial charge in [0.15, 0.2) is 0 Å². The molecule has 0 amide bonds. The minimum Gasteiger partial charge on any atom is -0.314 e. The Morgan fingerprint density at radius 3 is 2.93 bits per heavy atom. The van der Waals surface area contributed by atoms with Crippen LogP contribution in [0.4, 0.5) is 0 Å². The molecular formula is C13H20N2. The molecule has 0 unspecified atom stereocenters. The summed E-state index contributed by atoms with van der Waals surface area (Å²) in [6.07, 6.45) is 0. The average Bonchev–Trinajstić information content (AvgIpc) is 2.24. The second-order valence-corrected chi connectivity index (χ2v) is 4.45. The van der Waals surface area contributed by atoms with Crippen molar-refractivity contribution in [3.63, 3.8) is 0 Å². The molecule has 1 N–H and O–H groups in total. The number of hydrogen-bond donors (Lipinski definition) is 1. The normalized spacial score (nSPS) is 22.9. The van der Waals surface area contributed by atoms with Crippen molar-refractivity contribution in [1.82, 2.24) is 10.2 Å². The highest BCUT2D eigenvalue weighted by Crippen LogP contribution is 2.13. The van der Waals surface area contributed by atoms with Crippen LogP contribution in [0.5, 0.6) is 0 Å². The zero-order chi connectivity index (χ0) is 10.7. The summed E-state index contributed by atoms with van der Waals surface area (Å²) in [5.41, 5.74) is 2.87. The number of piperazine rings is 1. The molecule has 0 saturated carbocycles.